The molecule has 1 aromatic rings. The van der Waals surface area contributed by atoms with Crippen molar-refractivity contribution in [2.24, 2.45) is 0 Å². The summed E-state index contributed by atoms with van der Waals surface area (Å²) in [6.07, 6.45) is 3.05. The largest absolute Gasteiger partial charge is 0.344 e. The zero-order valence-corrected chi connectivity index (χ0v) is 13.0. The maximum atomic E-state index is 11.6. The van der Waals surface area contributed by atoms with Crippen LogP contribution in [0.1, 0.15) is 46.1 Å². The third-order valence-electron chi connectivity index (χ3n) is 3.37. The van der Waals surface area contributed by atoms with Crippen molar-refractivity contribution in [2.45, 2.75) is 62.8 Å². The Kier molecular flexibility index (Phi) is 4.55. The standard InChI is InChI=1S/C13H21N5OS/c1-9(2)18-11(19)16-17-12(18)20-7-6-13(3,8-14)15-10-4-5-10/h9-10,15H,4-7H2,1-3H3,(H,16,19). The van der Waals surface area contributed by atoms with E-state index >= 15 is 0 Å². The van der Waals surface area contributed by atoms with Crippen molar-refractivity contribution in [2.75, 3.05) is 5.75 Å². The second kappa shape index (κ2) is 6.02. The van der Waals surface area contributed by atoms with Crippen LogP contribution in [0.2, 0.25) is 0 Å². The summed E-state index contributed by atoms with van der Waals surface area (Å²) in [5.74, 6) is 0.751. The molecule has 1 heterocycles. The van der Waals surface area contributed by atoms with Gasteiger partial charge in [-0.2, -0.15) is 5.26 Å². The van der Waals surface area contributed by atoms with E-state index in [1.807, 2.05) is 20.8 Å². The van der Waals surface area contributed by atoms with Crippen LogP contribution in [0.25, 0.3) is 0 Å². The summed E-state index contributed by atoms with van der Waals surface area (Å²) >= 11 is 1.52. The highest BCUT2D eigenvalue weighted by Gasteiger charge is 2.32. The van der Waals surface area contributed by atoms with Crippen molar-refractivity contribution in [1.82, 2.24) is 20.1 Å². The lowest BCUT2D eigenvalue weighted by molar-refractivity contribution is 0.433. The quantitative estimate of drug-likeness (QED) is 0.747. The molecule has 0 amide bonds. The molecular formula is C13H21N5OS. The van der Waals surface area contributed by atoms with Crippen LogP contribution >= 0.6 is 11.8 Å². The van der Waals surface area contributed by atoms with Crippen molar-refractivity contribution in [3.8, 4) is 6.07 Å². The number of nitriles is 1. The van der Waals surface area contributed by atoms with Gasteiger partial charge in [0.2, 0.25) is 0 Å². The predicted octanol–water partition coefficient (Wildman–Crippen LogP) is 1.67. The molecule has 20 heavy (non-hydrogen) atoms. The molecule has 6 nitrogen and oxygen atoms in total. The third kappa shape index (κ3) is 3.64. The Morgan fingerprint density at radius 1 is 1.65 bits per heavy atom. The SMILES string of the molecule is CC(C)n1c(SCCC(C)(C#N)NC2CC2)n[nH]c1=O. The zero-order chi connectivity index (χ0) is 14.8. The van der Waals surface area contributed by atoms with E-state index in [0.717, 1.165) is 25.0 Å². The lowest BCUT2D eigenvalue weighted by Gasteiger charge is -2.22. The van der Waals surface area contributed by atoms with E-state index in [2.05, 4.69) is 21.6 Å². The highest BCUT2D eigenvalue weighted by Crippen LogP contribution is 2.26. The molecule has 1 saturated carbocycles. The second-order valence-electron chi connectivity index (χ2n) is 5.74. The van der Waals surface area contributed by atoms with Crippen LogP contribution in [0.15, 0.2) is 9.95 Å². The number of hydrogen-bond acceptors (Lipinski definition) is 5. The number of aromatic amines is 1. The van der Waals surface area contributed by atoms with Crippen molar-refractivity contribution in [3.05, 3.63) is 10.5 Å². The Morgan fingerprint density at radius 3 is 2.90 bits per heavy atom. The molecule has 1 unspecified atom stereocenters. The van der Waals surface area contributed by atoms with E-state index in [-0.39, 0.29) is 11.7 Å². The van der Waals surface area contributed by atoms with Crippen LogP contribution in [0.5, 0.6) is 0 Å². The summed E-state index contributed by atoms with van der Waals surface area (Å²) in [6.45, 7) is 5.84. The molecule has 7 heteroatoms. The van der Waals surface area contributed by atoms with Crippen molar-refractivity contribution < 1.29 is 0 Å². The number of nitrogens with zero attached hydrogens (tertiary/aromatic N) is 3. The van der Waals surface area contributed by atoms with Gasteiger partial charge in [0.1, 0.15) is 5.54 Å². The molecule has 2 rings (SSSR count). The molecule has 0 bridgehead atoms. The summed E-state index contributed by atoms with van der Waals surface area (Å²) in [7, 11) is 0. The molecule has 110 valence electrons. The first-order valence-corrected chi connectivity index (χ1v) is 7.92. The molecule has 1 atom stereocenters. The Bertz CT molecular complexity index is 554. The van der Waals surface area contributed by atoms with Crippen LogP contribution in [0.3, 0.4) is 0 Å². The molecule has 2 N–H and O–H groups in total. The zero-order valence-electron chi connectivity index (χ0n) is 12.1. The first kappa shape index (κ1) is 15.1. The molecule has 0 aliphatic heterocycles. The maximum absolute atomic E-state index is 11.6. The van der Waals surface area contributed by atoms with E-state index in [1.54, 1.807) is 4.57 Å². The van der Waals surface area contributed by atoms with Gasteiger partial charge in [0.05, 0.1) is 6.07 Å². The van der Waals surface area contributed by atoms with Crippen LogP contribution in [-0.2, 0) is 0 Å². The van der Waals surface area contributed by atoms with Gasteiger partial charge in [0, 0.05) is 17.8 Å². The molecule has 1 aliphatic rings. The van der Waals surface area contributed by atoms with Crippen LogP contribution in [0.4, 0.5) is 0 Å². The fourth-order valence-electron chi connectivity index (χ4n) is 2.03. The number of thioether (sulfide) groups is 1. The van der Waals surface area contributed by atoms with Crippen molar-refractivity contribution in [1.29, 1.82) is 5.26 Å². The minimum atomic E-state index is -0.493. The van der Waals surface area contributed by atoms with Gasteiger partial charge in [0.15, 0.2) is 5.16 Å². The minimum Gasteiger partial charge on any atom is -0.297 e. The number of aromatic nitrogens is 3. The number of nitrogens with one attached hydrogen (secondary N) is 2. The maximum Gasteiger partial charge on any atom is 0.344 e. The Hall–Kier alpha value is -1.26. The van der Waals surface area contributed by atoms with E-state index < -0.39 is 5.54 Å². The Balaban J connectivity index is 1.92. The van der Waals surface area contributed by atoms with Crippen LogP contribution in [-0.4, -0.2) is 32.1 Å². The number of hydrogen-bond donors (Lipinski definition) is 2. The second-order valence-corrected chi connectivity index (χ2v) is 6.80. The third-order valence-corrected chi connectivity index (χ3v) is 4.32. The topological polar surface area (TPSA) is 86.5 Å². The molecule has 0 saturated heterocycles. The number of H-pyrrole nitrogens is 1. The van der Waals surface area contributed by atoms with Gasteiger partial charge in [-0.25, -0.2) is 9.89 Å². The van der Waals surface area contributed by atoms with Gasteiger partial charge in [-0.3, -0.25) is 9.88 Å². The van der Waals surface area contributed by atoms with E-state index in [1.165, 1.54) is 11.8 Å². The first-order chi connectivity index (χ1) is 9.45. The monoisotopic (exact) mass is 295 g/mol. The van der Waals surface area contributed by atoms with Crippen LogP contribution in [0, 0.1) is 11.3 Å². The Morgan fingerprint density at radius 2 is 2.35 bits per heavy atom. The molecule has 0 spiro atoms. The fraction of sp³-hybridized carbons (Fsp3) is 0.769. The van der Waals surface area contributed by atoms with Crippen LogP contribution < -0.4 is 11.0 Å². The molecule has 1 aliphatic carbocycles. The van der Waals surface area contributed by atoms with Crippen molar-refractivity contribution in [3.63, 3.8) is 0 Å². The molecular weight excluding hydrogens is 274 g/mol. The summed E-state index contributed by atoms with van der Waals surface area (Å²) in [5, 5.41) is 19.9. The van der Waals surface area contributed by atoms with Gasteiger partial charge in [-0.1, -0.05) is 11.8 Å². The summed E-state index contributed by atoms with van der Waals surface area (Å²) in [4.78, 5) is 11.6. The van der Waals surface area contributed by atoms with Gasteiger partial charge >= 0.3 is 5.69 Å². The summed E-state index contributed by atoms with van der Waals surface area (Å²) in [6, 6.07) is 2.94. The van der Waals surface area contributed by atoms with Gasteiger partial charge in [0.25, 0.3) is 0 Å². The predicted molar refractivity (Wildman–Crippen MR) is 78.7 cm³/mol. The summed E-state index contributed by atoms with van der Waals surface area (Å²) in [5.41, 5.74) is -0.672. The van der Waals surface area contributed by atoms with Crippen molar-refractivity contribution >= 4 is 11.8 Å². The average Bonchev–Trinajstić information content (AvgIpc) is 3.11. The van der Waals surface area contributed by atoms with E-state index in [9.17, 15) is 10.1 Å². The lowest BCUT2D eigenvalue weighted by atomic mass is 10.0. The Labute approximate surface area is 122 Å². The molecule has 0 radical (unpaired) electrons. The van der Waals surface area contributed by atoms with Gasteiger partial charge < -0.3 is 0 Å². The smallest absolute Gasteiger partial charge is 0.297 e. The van der Waals surface area contributed by atoms with E-state index in [0.29, 0.717) is 11.2 Å². The minimum absolute atomic E-state index is 0.0793. The number of rotatable bonds is 7. The average molecular weight is 295 g/mol. The highest BCUT2D eigenvalue weighted by atomic mass is 32.2. The first-order valence-electron chi connectivity index (χ1n) is 6.94. The summed E-state index contributed by atoms with van der Waals surface area (Å²) < 4.78 is 1.64. The molecule has 0 aromatic carbocycles. The highest BCUT2D eigenvalue weighted by molar-refractivity contribution is 7.99. The van der Waals surface area contributed by atoms with Gasteiger partial charge in [-0.05, 0) is 40.0 Å². The normalized spacial score (nSPS) is 17.9. The lowest BCUT2D eigenvalue weighted by Crippen LogP contribution is -2.42. The van der Waals surface area contributed by atoms with Gasteiger partial charge in [-0.15, -0.1) is 5.10 Å². The fourth-order valence-corrected chi connectivity index (χ4v) is 3.27. The van der Waals surface area contributed by atoms with E-state index in [4.69, 9.17) is 0 Å². The molecule has 1 aromatic heterocycles. The molecule has 1 fully saturated rings.